The van der Waals surface area contributed by atoms with E-state index in [9.17, 15) is 4.79 Å². The highest BCUT2D eigenvalue weighted by atomic mass is 35.5. The Bertz CT molecular complexity index is 838. The average Bonchev–Trinajstić information content (AvgIpc) is 3.29. The molecule has 3 rings (SSSR count). The summed E-state index contributed by atoms with van der Waals surface area (Å²) in [4.78, 5) is 22.6. The van der Waals surface area contributed by atoms with Crippen LogP contribution in [-0.2, 0) is 16.1 Å². The molecular formula is C18H22ClN5O3. The molecule has 27 heavy (non-hydrogen) atoms. The Hall–Kier alpha value is -2.61. The maximum atomic E-state index is 11.9. The Balaban J connectivity index is 1.62. The molecule has 1 fully saturated rings. The fourth-order valence-electron chi connectivity index (χ4n) is 3.16. The van der Waals surface area contributed by atoms with Gasteiger partial charge in [0, 0.05) is 30.7 Å². The van der Waals surface area contributed by atoms with Crippen molar-refractivity contribution in [2.24, 2.45) is 16.8 Å². The van der Waals surface area contributed by atoms with Crippen LogP contribution in [0.3, 0.4) is 0 Å². The van der Waals surface area contributed by atoms with E-state index in [1.807, 2.05) is 24.0 Å². The number of hydrogen-bond donors (Lipinski definition) is 1. The number of ether oxygens (including phenoxy) is 1. The molecule has 1 saturated heterocycles. The molecule has 2 unspecified atom stereocenters. The maximum absolute atomic E-state index is 11.9. The van der Waals surface area contributed by atoms with Crippen molar-refractivity contribution < 1.29 is 14.1 Å². The molecule has 2 aromatic rings. The van der Waals surface area contributed by atoms with Gasteiger partial charge in [0.05, 0.1) is 19.6 Å². The molecule has 1 aromatic carbocycles. The van der Waals surface area contributed by atoms with E-state index in [4.69, 9.17) is 20.9 Å². The molecule has 0 radical (unpaired) electrons. The van der Waals surface area contributed by atoms with E-state index in [0.717, 1.165) is 12.1 Å². The van der Waals surface area contributed by atoms with Gasteiger partial charge >= 0.3 is 5.97 Å². The predicted molar refractivity (Wildman–Crippen MR) is 101 cm³/mol. The SMILES string of the molecule is CN=C(NCc1nc(-c2cccc(Cl)c2)no1)N1CC(C)C(C(=O)OC)C1. The van der Waals surface area contributed by atoms with Crippen LogP contribution < -0.4 is 5.32 Å². The summed E-state index contributed by atoms with van der Waals surface area (Å²) in [6, 6.07) is 7.27. The first-order valence-electron chi connectivity index (χ1n) is 8.63. The lowest BCUT2D eigenvalue weighted by molar-refractivity contribution is -0.145. The number of benzene rings is 1. The van der Waals surface area contributed by atoms with E-state index < -0.39 is 0 Å². The number of hydrogen-bond acceptors (Lipinski definition) is 6. The number of carbonyl (C=O) groups is 1. The number of nitrogens with one attached hydrogen (secondary N) is 1. The number of rotatable bonds is 4. The van der Waals surface area contributed by atoms with Gasteiger partial charge in [-0.2, -0.15) is 4.98 Å². The number of aromatic nitrogens is 2. The van der Waals surface area contributed by atoms with Crippen molar-refractivity contribution in [2.75, 3.05) is 27.2 Å². The molecule has 0 bridgehead atoms. The first-order chi connectivity index (χ1) is 13.0. The molecule has 0 saturated carbocycles. The van der Waals surface area contributed by atoms with E-state index in [-0.39, 0.29) is 17.8 Å². The number of methoxy groups -OCH3 is 1. The van der Waals surface area contributed by atoms with Crippen LogP contribution in [0.2, 0.25) is 5.02 Å². The third-order valence-electron chi connectivity index (χ3n) is 4.58. The summed E-state index contributed by atoms with van der Waals surface area (Å²) < 4.78 is 10.2. The lowest BCUT2D eigenvalue weighted by Crippen LogP contribution is -2.40. The van der Waals surface area contributed by atoms with Crippen molar-refractivity contribution in [1.82, 2.24) is 20.4 Å². The lowest BCUT2D eigenvalue weighted by atomic mass is 9.99. The molecule has 1 aromatic heterocycles. The zero-order chi connectivity index (χ0) is 19.4. The molecule has 0 aliphatic carbocycles. The monoisotopic (exact) mass is 391 g/mol. The summed E-state index contributed by atoms with van der Waals surface area (Å²) in [5.41, 5.74) is 0.788. The van der Waals surface area contributed by atoms with Crippen molar-refractivity contribution in [3.05, 3.63) is 35.2 Å². The number of carbonyl (C=O) groups excluding carboxylic acids is 1. The molecule has 0 spiro atoms. The van der Waals surface area contributed by atoms with Crippen LogP contribution in [0.4, 0.5) is 0 Å². The van der Waals surface area contributed by atoms with Crippen molar-refractivity contribution in [3.63, 3.8) is 0 Å². The topological polar surface area (TPSA) is 92.9 Å². The Morgan fingerprint density at radius 3 is 3.00 bits per heavy atom. The molecule has 9 heteroatoms. The highest BCUT2D eigenvalue weighted by Gasteiger charge is 2.36. The second-order valence-corrected chi connectivity index (χ2v) is 6.87. The van der Waals surface area contributed by atoms with E-state index in [1.165, 1.54) is 7.11 Å². The Morgan fingerprint density at radius 1 is 1.48 bits per heavy atom. The smallest absolute Gasteiger partial charge is 0.310 e. The minimum atomic E-state index is -0.191. The summed E-state index contributed by atoms with van der Waals surface area (Å²) in [5, 5.41) is 7.80. The molecule has 144 valence electrons. The van der Waals surface area contributed by atoms with Gasteiger partial charge in [-0.15, -0.1) is 0 Å². The Labute approximate surface area is 162 Å². The molecule has 1 aliphatic heterocycles. The summed E-state index contributed by atoms with van der Waals surface area (Å²) >= 11 is 6.00. The van der Waals surface area contributed by atoms with Crippen LogP contribution in [0.25, 0.3) is 11.4 Å². The minimum Gasteiger partial charge on any atom is -0.469 e. The molecular weight excluding hydrogens is 370 g/mol. The van der Waals surface area contributed by atoms with Crippen LogP contribution in [0.1, 0.15) is 12.8 Å². The fourth-order valence-corrected chi connectivity index (χ4v) is 3.35. The van der Waals surface area contributed by atoms with Crippen molar-refractivity contribution in [3.8, 4) is 11.4 Å². The first-order valence-corrected chi connectivity index (χ1v) is 9.01. The quantitative estimate of drug-likeness (QED) is 0.485. The zero-order valence-electron chi connectivity index (χ0n) is 15.5. The van der Waals surface area contributed by atoms with Crippen LogP contribution in [-0.4, -0.2) is 54.2 Å². The second-order valence-electron chi connectivity index (χ2n) is 6.43. The van der Waals surface area contributed by atoms with Gasteiger partial charge in [-0.25, -0.2) is 0 Å². The van der Waals surface area contributed by atoms with Crippen molar-refractivity contribution >= 4 is 23.5 Å². The van der Waals surface area contributed by atoms with E-state index >= 15 is 0 Å². The largest absolute Gasteiger partial charge is 0.469 e. The minimum absolute atomic E-state index is 0.161. The van der Waals surface area contributed by atoms with Gasteiger partial charge in [0.15, 0.2) is 5.96 Å². The molecule has 1 N–H and O–H groups in total. The van der Waals surface area contributed by atoms with Crippen LogP contribution in [0.15, 0.2) is 33.8 Å². The van der Waals surface area contributed by atoms with E-state index in [0.29, 0.717) is 35.8 Å². The number of halogens is 1. The van der Waals surface area contributed by atoms with Gasteiger partial charge in [-0.3, -0.25) is 9.79 Å². The van der Waals surface area contributed by atoms with Crippen molar-refractivity contribution in [2.45, 2.75) is 13.5 Å². The summed E-state index contributed by atoms with van der Waals surface area (Å²) in [6.07, 6.45) is 0. The van der Waals surface area contributed by atoms with E-state index in [2.05, 4.69) is 20.4 Å². The summed E-state index contributed by atoms with van der Waals surface area (Å²) in [7, 11) is 3.11. The highest BCUT2D eigenvalue weighted by Crippen LogP contribution is 2.24. The Morgan fingerprint density at radius 2 is 2.30 bits per heavy atom. The Kier molecular flexibility index (Phi) is 5.95. The third-order valence-corrected chi connectivity index (χ3v) is 4.81. The number of likely N-dealkylation sites (tertiary alicyclic amines) is 1. The maximum Gasteiger partial charge on any atom is 0.310 e. The fraction of sp³-hybridized carbons (Fsp3) is 0.444. The summed E-state index contributed by atoms with van der Waals surface area (Å²) in [6.45, 7) is 3.64. The van der Waals surface area contributed by atoms with Gasteiger partial charge < -0.3 is 19.5 Å². The molecule has 2 atom stereocenters. The molecule has 1 aliphatic rings. The standard InChI is InChI=1S/C18H22ClN5O3/c1-11-9-24(10-14(11)17(25)26-3)18(20-2)21-8-15-22-16(23-27-15)12-5-4-6-13(19)7-12/h4-7,11,14H,8-10H2,1-3H3,(H,20,21). The average molecular weight is 392 g/mol. The van der Waals surface area contributed by atoms with Crippen molar-refractivity contribution in [1.29, 1.82) is 0 Å². The molecule has 0 amide bonds. The third kappa shape index (κ3) is 4.39. The van der Waals surface area contributed by atoms with Gasteiger partial charge in [0.25, 0.3) is 0 Å². The van der Waals surface area contributed by atoms with Crippen LogP contribution in [0.5, 0.6) is 0 Å². The number of esters is 1. The predicted octanol–water partition coefficient (Wildman–Crippen LogP) is 2.21. The highest BCUT2D eigenvalue weighted by molar-refractivity contribution is 6.30. The first kappa shape index (κ1) is 19.2. The van der Waals surface area contributed by atoms with Gasteiger partial charge in [-0.1, -0.05) is 35.8 Å². The lowest BCUT2D eigenvalue weighted by Gasteiger charge is -2.20. The van der Waals surface area contributed by atoms with Crippen LogP contribution in [0, 0.1) is 11.8 Å². The molecule has 2 heterocycles. The number of guanidine groups is 1. The molecule has 8 nitrogen and oxygen atoms in total. The van der Waals surface area contributed by atoms with E-state index in [1.54, 1.807) is 19.2 Å². The van der Waals surface area contributed by atoms with Gasteiger partial charge in [0.1, 0.15) is 0 Å². The second kappa shape index (κ2) is 8.39. The van der Waals surface area contributed by atoms with Gasteiger partial charge in [0.2, 0.25) is 11.7 Å². The summed E-state index contributed by atoms with van der Waals surface area (Å²) in [5.74, 6) is 1.42. The zero-order valence-corrected chi connectivity index (χ0v) is 16.2. The normalized spacial score (nSPS) is 20.0. The van der Waals surface area contributed by atoms with Crippen LogP contribution >= 0.6 is 11.6 Å². The number of aliphatic imine (C=N–C) groups is 1. The van der Waals surface area contributed by atoms with Gasteiger partial charge in [-0.05, 0) is 18.1 Å². The number of nitrogens with zero attached hydrogens (tertiary/aromatic N) is 4.